The largest absolute Gasteiger partial charge is 0.406 e. The zero-order valence-corrected chi connectivity index (χ0v) is 11.9. The van der Waals surface area contributed by atoms with Crippen LogP contribution in [0.5, 0.6) is 0 Å². The molecule has 1 aromatic heterocycles. The first kappa shape index (κ1) is 13.7. The van der Waals surface area contributed by atoms with Gasteiger partial charge in [0.25, 0.3) is 0 Å². The summed E-state index contributed by atoms with van der Waals surface area (Å²) in [5.74, 6) is 0.444. The Kier molecular flexibility index (Phi) is 3.40. The maximum absolute atomic E-state index is 11.7. The first-order chi connectivity index (χ1) is 10.1. The zero-order chi connectivity index (χ0) is 15.0. The summed E-state index contributed by atoms with van der Waals surface area (Å²) in [5, 5.41) is 13.8. The molecule has 21 heavy (non-hydrogen) atoms. The average Bonchev–Trinajstić information content (AvgIpc) is 3.05. The molecule has 2 aliphatic heterocycles. The second-order valence-corrected chi connectivity index (χ2v) is 5.40. The number of rotatable bonds is 3. The van der Waals surface area contributed by atoms with E-state index in [1.165, 1.54) is 6.33 Å². The van der Waals surface area contributed by atoms with E-state index in [9.17, 15) is 14.9 Å². The van der Waals surface area contributed by atoms with Gasteiger partial charge in [-0.2, -0.15) is 0 Å². The summed E-state index contributed by atoms with van der Waals surface area (Å²) in [6.45, 7) is 2.82. The van der Waals surface area contributed by atoms with Gasteiger partial charge in [-0.05, 0) is 22.7 Å². The Bertz CT molecular complexity index is 563. The zero-order valence-electron chi connectivity index (χ0n) is 11.9. The minimum atomic E-state index is -0.449. The molecule has 0 unspecified atom stereocenters. The number of hydrogen-bond acceptors (Lipinski definition) is 5. The van der Waals surface area contributed by atoms with Crippen LogP contribution in [0.4, 0.5) is 16.4 Å². The van der Waals surface area contributed by atoms with Crippen LogP contribution in [0.25, 0.3) is 0 Å². The van der Waals surface area contributed by atoms with Crippen LogP contribution < -0.4 is 10.2 Å². The SMILES string of the molecule is Cn1cnc([N+](=O)[O-])c1N1CCC(N2CCNC2=O)CC1. The van der Waals surface area contributed by atoms with Crippen LogP contribution in [0, 0.1) is 10.1 Å². The lowest BCUT2D eigenvalue weighted by molar-refractivity contribution is -0.388. The van der Waals surface area contributed by atoms with Gasteiger partial charge in [-0.25, -0.2) is 4.79 Å². The Labute approximate surface area is 121 Å². The Hall–Kier alpha value is -2.32. The fraction of sp³-hybridized carbons (Fsp3) is 0.667. The second-order valence-electron chi connectivity index (χ2n) is 5.40. The highest BCUT2D eigenvalue weighted by molar-refractivity contribution is 5.76. The molecule has 0 radical (unpaired) electrons. The normalized spacial score (nSPS) is 20.0. The molecule has 0 aromatic carbocycles. The van der Waals surface area contributed by atoms with Crippen molar-refractivity contribution in [1.29, 1.82) is 0 Å². The topological polar surface area (TPSA) is 96.5 Å². The molecule has 3 heterocycles. The molecule has 1 aromatic rings. The molecule has 1 N–H and O–H groups in total. The standard InChI is InChI=1S/C12H18N6O3/c1-15-8-14-10(18(20)21)11(15)16-5-2-9(3-6-16)17-7-4-13-12(17)19/h8-9H,2-7H2,1H3,(H,13,19). The van der Waals surface area contributed by atoms with Crippen molar-refractivity contribution in [2.45, 2.75) is 18.9 Å². The summed E-state index contributed by atoms with van der Waals surface area (Å²) in [6.07, 6.45) is 3.10. The number of nitro groups is 1. The molecule has 9 heteroatoms. The number of piperidine rings is 1. The monoisotopic (exact) mass is 294 g/mol. The Morgan fingerprint density at radius 2 is 2.10 bits per heavy atom. The smallest absolute Gasteiger partial charge is 0.358 e. The lowest BCUT2D eigenvalue weighted by atomic mass is 10.0. The van der Waals surface area contributed by atoms with E-state index in [2.05, 4.69) is 10.3 Å². The van der Waals surface area contributed by atoms with E-state index in [1.54, 1.807) is 11.6 Å². The summed E-state index contributed by atoms with van der Waals surface area (Å²) >= 11 is 0. The summed E-state index contributed by atoms with van der Waals surface area (Å²) in [7, 11) is 1.76. The van der Waals surface area contributed by atoms with Gasteiger partial charge in [0, 0.05) is 39.3 Å². The van der Waals surface area contributed by atoms with Gasteiger partial charge < -0.3 is 25.2 Å². The molecule has 9 nitrogen and oxygen atoms in total. The van der Waals surface area contributed by atoms with Gasteiger partial charge in [0.1, 0.15) is 0 Å². The van der Waals surface area contributed by atoms with Crippen molar-refractivity contribution < 1.29 is 9.72 Å². The first-order valence-electron chi connectivity index (χ1n) is 7.03. The van der Waals surface area contributed by atoms with Crippen LogP contribution in [-0.2, 0) is 7.05 Å². The number of carbonyl (C=O) groups is 1. The number of urea groups is 1. The number of nitrogens with one attached hydrogen (secondary N) is 1. The number of aromatic nitrogens is 2. The molecule has 0 atom stereocenters. The minimum Gasteiger partial charge on any atom is -0.358 e. The van der Waals surface area contributed by atoms with Gasteiger partial charge in [0.05, 0.1) is 0 Å². The number of imidazole rings is 1. The number of amides is 2. The molecule has 114 valence electrons. The molecular formula is C12H18N6O3. The Morgan fingerprint density at radius 3 is 2.67 bits per heavy atom. The van der Waals surface area contributed by atoms with Crippen molar-refractivity contribution in [3.63, 3.8) is 0 Å². The molecule has 0 spiro atoms. The number of nitrogens with zero attached hydrogens (tertiary/aromatic N) is 5. The average molecular weight is 294 g/mol. The number of anilines is 1. The van der Waals surface area contributed by atoms with Crippen molar-refractivity contribution in [2.24, 2.45) is 7.05 Å². The van der Waals surface area contributed by atoms with Crippen molar-refractivity contribution in [2.75, 3.05) is 31.1 Å². The molecule has 2 fully saturated rings. The molecular weight excluding hydrogens is 276 g/mol. The second kappa shape index (κ2) is 5.23. The van der Waals surface area contributed by atoms with E-state index in [0.717, 1.165) is 19.4 Å². The molecule has 2 amide bonds. The van der Waals surface area contributed by atoms with E-state index in [4.69, 9.17) is 0 Å². The number of aryl methyl sites for hydroxylation is 1. The maximum Gasteiger partial charge on any atom is 0.406 e. The predicted octanol–water partition coefficient (Wildman–Crippen LogP) is 0.322. The van der Waals surface area contributed by atoms with Crippen LogP contribution in [0.2, 0.25) is 0 Å². The Balaban J connectivity index is 1.70. The third kappa shape index (κ3) is 2.39. The lowest BCUT2D eigenvalue weighted by Crippen LogP contribution is -2.46. The third-order valence-electron chi connectivity index (χ3n) is 4.15. The predicted molar refractivity (Wildman–Crippen MR) is 75.2 cm³/mol. The fourth-order valence-corrected chi connectivity index (χ4v) is 3.13. The third-order valence-corrected chi connectivity index (χ3v) is 4.15. The van der Waals surface area contributed by atoms with E-state index < -0.39 is 4.92 Å². The molecule has 3 rings (SSSR count). The van der Waals surface area contributed by atoms with Gasteiger partial charge in [-0.1, -0.05) is 0 Å². The van der Waals surface area contributed by atoms with Crippen LogP contribution in [0.3, 0.4) is 0 Å². The van der Waals surface area contributed by atoms with E-state index in [1.807, 2.05) is 9.80 Å². The van der Waals surface area contributed by atoms with Crippen LogP contribution in [0.15, 0.2) is 6.33 Å². The summed E-state index contributed by atoms with van der Waals surface area (Å²) in [4.78, 5) is 30.0. The molecule has 0 saturated carbocycles. The number of hydrogen-bond donors (Lipinski definition) is 1. The van der Waals surface area contributed by atoms with Crippen LogP contribution in [-0.4, -0.2) is 57.6 Å². The molecule has 0 bridgehead atoms. The molecule has 2 aliphatic rings. The van der Waals surface area contributed by atoms with Crippen molar-refractivity contribution in [3.8, 4) is 0 Å². The highest BCUT2D eigenvalue weighted by Gasteiger charge is 2.33. The van der Waals surface area contributed by atoms with Crippen LogP contribution >= 0.6 is 0 Å². The van der Waals surface area contributed by atoms with Crippen molar-refractivity contribution in [1.82, 2.24) is 19.8 Å². The minimum absolute atomic E-state index is 0.0000334. The van der Waals surface area contributed by atoms with Crippen molar-refractivity contribution in [3.05, 3.63) is 16.4 Å². The van der Waals surface area contributed by atoms with E-state index >= 15 is 0 Å². The van der Waals surface area contributed by atoms with Gasteiger partial charge >= 0.3 is 11.8 Å². The molecule has 2 saturated heterocycles. The van der Waals surface area contributed by atoms with Crippen molar-refractivity contribution >= 4 is 17.7 Å². The number of carbonyl (C=O) groups excluding carboxylic acids is 1. The van der Waals surface area contributed by atoms with E-state index in [-0.39, 0.29) is 17.9 Å². The van der Waals surface area contributed by atoms with Crippen LogP contribution in [0.1, 0.15) is 12.8 Å². The highest BCUT2D eigenvalue weighted by Crippen LogP contribution is 2.29. The summed E-state index contributed by atoms with van der Waals surface area (Å²) in [5.41, 5.74) is 0. The quantitative estimate of drug-likeness (QED) is 0.640. The van der Waals surface area contributed by atoms with Gasteiger partial charge in [0.15, 0.2) is 0 Å². The first-order valence-corrected chi connectivity index (χ1v) is 7.03. The highest BCUT2D eigenvalue weighted by atomic mass is 16.6. The van der Waals surface area contributed by atoms with Gasteiger partial charge in [0.2, 0.25) is 12.1 Å². The fourth-order valence-electron chi connectivity index (χ4n) is 3.13. The lowest BCUT2D eigenvalue weighted by Gasteiger charge is -2.36. The van der Waals surface area contributed by atoms with E-state index in [0.29, 0.717) is 25.5 Å². The van der Waals surface area contributed by atoms with Gasteiger partial charge in [-0.3, -0.25) is 4.57 Å². The Morgan fingerprint density at radius 1 is 1.38 bits per heavy atom. The summed E-state index contributed by atoms with van der Waals surface area (Å²) < 4.78 is 1.68. The summed E-state index contributed by atoms with van der Waals surface area (Å²) in [6, 6.07) is 0.219. The maximum atomic E-state index is 11.7. The molecule has 0 aliphatic carbocycles. The van der Waals surface area contributed by atoms with Gasteiger partial charge in [-0.15, -0.1) is 0 Å².